The molecule has 5 nitrogen and oxygen atoms in total. The standard InChI is InChI=1S/C14H30N4O/c1-12(2)14(19)13-10-17-8-6-15-4-3-5-16-7-9-18-11-13/h12-13,15-18H,3-11H2,1-2H3. The maximum absolute atomic E-state index is 12.1. The molecule has 0 spiro atoms. The van der Waals surface area contributed by atoms with Crippen molar-refractivity contribution in [3.05, 3.63) is 0 Å². The third-order valence-electron chi connectivity index (χ3n) is 3.42. The number of ketones is 1. The highest BCUT2D eigenvalue weighted by Gasteiger charge is 2.20. The Hall–Kier alpha value is -0.490. The van der Waals surface area contributed by atoms with Gasteiger partial charge in [-0.25, -0.2) is 0 Å². The minimum absolute atomic E-state index is 0.0861. The minimum Gasteiger partial charge on any atom is -0.315 e. The lowest BCUT2D eigenvalue weighted by Crippen LogP contribution is -2.42. The molecule has 1 saturated heterocycles. The van der Waals surface area contributed by atoms with E-state index in [2.05, 4.69) is 21.3 Å². The fourth-order valence-corrected chi connectivity index (χ4v) is 2.24. The fourth-order valence-electron chi connectivity index (χ4n) is 2.24. The Morgan fingerprint density at radius 1 is 0.842 bits per heavy atom. The second-order valence-corrected chi connectivity index (χ2v) is 5.52. The normalized spacial score (nSPS) is 22.1. The molecule has 1 heterocycles. The molecule has 1 aliphatic rings. The monoisotopic (exact) mass is 270 g/mol. The molecule has 0 saturated carbocycles. The van der Waals surface area contributed by atoms with Gasteiger partial charge in [0.25, 0.3) is 0 Å². The molecule has 0 bridgehead atoms. The Bertz CT molecular complexity index is 232. The maximum Gasteiger partial charge on any atom is 0.141 e. The third-order valence-corrected chi connectivity index (χ3v) is 3.42. The first kappa shape index (κ1) is 16.6. The van der Waals surface area contributed by atoms with Crippen LogP contribution in [0.2, 0.25) is 0 Å². The molecule has 0 aromatic heterocycles. The van der Waals surface area contributed by atoms with Crippen LogP contribution in [0.3, 0.4) is 0 Å². The van der Waals surface area contributed by atoms with Crippen LogP contribution in [-0.2, 0) is 4.79 Å². The molecule has 0 aliphatic carbocycles. The van der Waals surface area contributed by atoms with Gasteiger partial charge in [-0.15, -0.1) is 0 Å². The van der Waals surface area contributed by atoms with Crippen molar-refractivity contribution in [2.24, 2.45) is 11.8 Å². The average molecular weight is 270 g/mol. The quantitative estimate of drug-likeness (QED) is 0.549. The predicted octanol–water partition coefficient (Wildman–Crippen LogP) is -0.410. The van der Waals surface area contributed by atoms with E-state index < -0.39 is 0 Å². The summed E-state index contributed by atoms with van der Waals surface area (Å²) in [5.74, 6) is 0.555. The van der Waals surface area contributed by atoms with Crippen LogP contribution in [0.5, 0.6) is 0 Å². The van der Waals surface area contributed by atoms with Gasteiger partial charge in [0.05, 0.1) is 0 Å². The van der Waals surface area contributed by atoms with Gasteiger partial charge in [-0.05, 0) is 19.5 Å². The summed E-state index contributed by atoms with van der Waals surface area (Å²) in [6.45, 7) is 11.4. The summed E-state index contributed by atoms with van der Waals surface area (Å²) in [5.41, 5.74) is 0. The van der Waals surface area contributed by atoms with Crippen molar-refractivity contribution >= 4 is 5.78 Å². The van der Waals surface area contributed by atoms with E-state index in [0.29, 0.717) is 5.78 Å². The Morgan fingerprint density at radius 3 is 1.79 bits per heavy atom. The summed E-state index contributed by atoms with van der Waals surface area (Å²) in [6, 6.07) is 0. The summed E-state index contributed by atoms with van der Waals surface area (Å²) < 4.78 is 0. The van der Waals surface area contributed by atoms with E-state index in [0.717, 1.165) is 58.8 Å². The van der Waals surface area contributed by atoms with Crippen LogP contribution >= 0.6 is 0 Å². The number of hydrogen-bond donors (Lipinski definition) is 4. The molecule has 0 amide bonds. The van der Waals surface area contributed by atoms with Gasteiger partial charge in [0.1, 0.15) is 5.78 Å². The van der Waals surface area contributed by atoms with E-state index in [1.807, 2.05) is 13.8 Å². The van der Waals surface area contributed by atoms with Gasteiger partial charge >= 0.3 is 0 Å². The molecular formula is C14H30N4O. The van der Waals surface area contributed by atoms with E-state index >= 15 is 0 Å². The number of carbonyl (C=O) groups excluding carboxylic acids is 1. The number of rotatable bonds is 2. The van der Waals surface area contributed by atoms with Crippen molar-refractivity contribution in [2.75, 3.05) is 52.4 Å². The van der Waals surface area contributed by atoms with Crippen LogP contribution < -0.4 is 21.3 Å². The minimum atomic E-state index is 0.0861. The number of hydrogen-bond acceptors (Lipinski definition) is 5. The van der Waals surface area contributed by atoms with E-state index in [-0.39, 0.29) is 11.8 Å². The van der Waals surface area contributed by atoms with Gasteiger partial charge in [-0.1, -0.05) is 13.8 Å². The molecule has 0 radical (unpaired) electrons. The molecule has 112 valence electrons. The number of nitrogens with one attached hydrogen (secondary N) is 4. The zero-order valence-corrected chi connectivity index (χ0v) is 12.4. The second-order valence-electron chi connectivity index (χ2n) is 5.52. The van der Waals surface area contributed by atoms with Crippen LogP contribution in [0.4, 0.5) is 0 Å². The fraction of sp³-hybridized carbons (Fsp3) is 0.929. The topological polar surface area (TPSA) is 65.2 Å². The molecule has 1 fully saturated rings. The third kappa shape index (κ3) is 7.62. The van der Waals surface area contributed by atoms with Crippen LogP contribution in [0.15, 0.2) is 0 Å². The number of carbonyl (C=O) groups is 1. The summed E-state index contributed by atoms with van der Waals surface area (Å²) in [6.07, 6.45) is 1.16. The molecule has 0 atom stereocenters. The van der Waals surface area contributed by atoms with Crippen molar-refractivity contribution in [3.8, 4) is 0 Å². The molecule has 1 aliphatic heterocycles. The highest BCUT2D eigenvalue weighted by atomic mass is 16.1. The lowest BCUT2D eigenvalue weighted by Gasteiger charge is -2.20. The van der Waals surface area contributed by atoms with E-state index in [9.17, 15) is 4.79 Å². The smallest absolute Gasteiger partial charge is 0.141 e. The molecule has 0 aromatic rings. The molecule has 5 heteroatoms. The van der Waals surface area contributed by atoms with Crippen LogP contribution in [-0.4, -0.2) is 58.1 Å². The van der Waals surface area contributed by atoms with Crippen LogP contribution in [0.1, 0.15) is 20.3 Å². The van der Waals surface area contributed by atoms with Crippen LogP contribution in [0, 0.1) is 11.8 Å². The zero-order chi connectivity index (χ0) is 13.9. The van der Waals surface area contributed by atoms with Gasteiger partial charge in [0.15, 0.2) is 0 Å². The zero-order valence-electron chi connectivity index (χ0n) is 12.4. The van der Waals surface area contributed by atoms with Crippen molar-refractivity contribution in [1.82, 2.24) is 21.3 Å². The largest absolute Gasteiger partial charge is 0.315 e. The van der Waals surface area contributed by atoms with E-state index in [1.165, 1.54) is 0 Å². The first-order valence-electron chi connectivity index (χ1n) is 7.58. The Labute approximate surface area is 117 Å². The first-order valence-corrected chi connectivity index (χ1v) is 7.58. The van der Waals surface area contributed by atoms with Gasteiger partial charge < -0.3 is 21.3 Å². The van der Waals surface area contributed by atoms with Gasteiger partial charge in [0, 0.05) is 51.1 Å². The molecular weight excluding hydrogens is 240 g/mol. The SMILES string of the molecule is CC(C)C(=O)C1CNCCNCCCNCCNC1. The second kappa shape index (κ2) is 10.3. The first-order chi connectivity index (χ1) is 9.22. The lowest BCUT2D eigenvalue weighted by atomic mass is 9.95. The highest BCUT2D eigenvalue weighted by Crippen LogP contribution is 2.05. The molecule has 1 rings (SSSR count). The Morgan fingerprint density at radius 2 is 1.32 bits per heavy atom. The summed E-state index contributed by atoms with van der Waals surface area (Å²) in [7, 11) is 0. The number of Topliss-reactive ketones (excluding diaryl/α,β-unsaturated/α-hetero) is 1. The van der Waals surface area contributed by atoms with Gasteiger partial charge in [-0.3, -0.25) is 4.79 Å². The molecule has 0 unspecified atom stereocenters. The molecule has 4 N–H and O–H groups in total. The highest BCUT2D eigenvalue weighted by molar-refractivity contribution is 5.83. The lowest BCUT2D eigenvalue weighted by molar-refractivity contribution is -0.125. The maximum atomic E-state index is 12.1. The van der Waals surface area contributed by atoms with Crippen molar-refractivity contribution in [3.63, 3.8) is 0 Å². The van der Waals surface area contributed by atoms with Crippen LogP contribution in [0.25, 0.3) is 0 Å². The van der Waals surface area contributed by atoms with Crippen molar-refractivity contribution < 1.29 is 4.79 Å². The van der Waals surface area contributed by atoms with Gasteiger partial charge in [0.2, 0.25) is 0 Å². The Balaban J connectivity index is 2.38. The average Bonchev–Trinajstić information content (AvgIpc) is 2.40. The predicted molar refractivity (Wildman–Crippen MR) is 79.4 cm³/mol. The van der Waals surface area contributed by atoms with Crippen molar-refractivity contribution in [1.29, 1.82) is 0 Å². The van der Waals surface area contributed by atoms with Crippen molar-refractivity contribution in [2.45, 2.75) is 20.3 Å². The van der Waals surface area contributed by atoms with E-state index in [1.54, 1.807) is 0 Å². The summed E-state index contributed by atoms with van der Waals surface area (Å²) in [4.78, 5) is 12.1. The molecule has 0 aromatic carbocycles. The van der Waals surface area contributed by atoms with Gasteiger partial charge in [-0.2, -0.15) is 0 Å². The molecule has 19 heavy (non-hydrogen) atoms. The van der Waals surface area contributed by atoms with E-state index in [4.69, 9.17) is 0 Å². The summed E-state index contributed by atoms with van der Waals surface area (Å²) >= 11 is 0. The Kier molecular flexibility index (Phi) is 8.99. The summed E-state index contributed by atoms with van der Waals surface area (Å²) in [5, 5.41) is 13.6.